The normalized spacial score (nSPS) is 21.2. The third-order valence-electron chi connectivity index (χ3n) is 4.62. The van der Waals surface area contributed by atoms with Crippen LogP contribution in [0.15, 0.2) is 30.3 Å². The van der Waals surface area contributed by atoms with Gasteiger partial charge in [0, 0.05) is 25.2 Å². The van der Waals surface area contributed by atoms with Crippen LogP contribution in [-0.2, 0) is 14.4 Å². The monoisotopic (exact) mass is 359 g/mol. The number of benzene rings is 1. The molecule has 2 amide bonds. The van der Waals surface area contributed by atoms with Crippen molar-refractivity contribution in [3.63, 3.8) is 0 Å². The number of amides is 2. The molecule has 1 unspecified atom stereocenters. The highest BCUT2D eigenvalue weighted by Gasteiger charge is 2.33. The molecule has 7 heteroatoms. The number of rotatable bonds is 6. The summed E-state index contributed by atoms with van der Waals surface area (Å²) in [5, 5.41) is 4.23. The van der Waals surface area contributed by atoms with Gasteiger partial charge < -0.3 is 10.1 Å². The van der Waals surface area contributed by atoms with E-state index in [4.69, 9.17) is 9.57 Å². The van der Waals surface area contributed by atoms with Crippen LogP contribution in [-0.4, -0.2) is 67.7 Å². The van der Waals surface area contributed by atoms with Gasteiger partial charge in [-0.2, -0.15) is 0 Å². The molecule has 2 aliphatic rings. The summed E-state index contributed by atoms with van der Waals surface area (Å²) in [7, 11) is 1.64. The molecule has 0 spiro atoms. The average Bonchev–Trinajstić information content (AvgIpc) is 3.19. The number of carbonyl (C=O) groups is 2. The van der Waals surface area contributed by atoms with Gasteiger partial charge in [-0.25, -0.2) is 5.06 Å². The summed E-state index contributed by atoms with van der Waals surface area (Å²) in [6.45, 7) is 3.05. The molecule has 1 aromatic rings. The molecule has 2 fully saturated rings. The molecular weight excluding hydrogens is 334 g/mol. The summed E-state index contributed by atoms with van der Waals surface area (Å²) in [6.07, 6.45) is 4.95. The van der Waals surface area contributed by atoms with Crippen molar-refractivity contribution in [3.05, 3.63) is 35.9 Å². The Morgan fingerprint density at radius 1 is 1.38 bits per heavy atom. The van der Waals surface area contributed by atoms with E-state index in [1.165, 1.54) is 5.06 Å². The van der Waals surface area contributed by atoms with Gasteiger partial charge in [-0.05, 0) is 12.5 Å². The minimum absolute atomic E-state index is 0.102. The molecule has 3 rings (SSSR count). The number of hydrogen-bond acceptors (Lipinski definition) is 5. The molecule has 26 heavy (non-hydrogen) atoms. The Labute approximate surface area is 153 Å². The van der Waals surface area contributed by atoms with E-state index in [0.717, 1.165) is 17.7 Å². The lowest BCUT2D eigenvalue weighted by Gasteiger charge is -2.34. The molecule has 0 radical (unpaired) electrons. The molecule has 2 saturated heterocycles. The third-order valence-corrected chi connectivity index (χ3v) is 4.62. The first-order valence-corrected chi connectivity index (χ1v) is 8.93. The Morgan fingerprint density at radius 2 is 2.23 bits per heavy atom. The lowest BCUT2D eigenvalue weighted by atomic mass is 10.1. The number of hydrogen-bond donors (Lipinski definition) is 1. The van der Waals surface area contributed by atoms with Crippen molar-refractivity contribution in [2.45, 2.75) is 18.9 Å². The fourth-order valence-corrected chi connectivity index (χ4v) is 3.23. The molecule has 1 atom stereocenters. The fourth-order valence-electron chi connectivity index (χ4n) is 3.23. The quantitative estimate of drug-likeness (QED) is 0.823. The van der Waals surface area contributed by atoms with Crippen molar-refractivity contribution in [2.75, 3.05) is 39.9 Å². The number of hydroxylamine groups is 2. The molecule has 7 nitrogen and oxygen atoms in total. The number of para-hydroxylation sites is 1. The van der Waals surface area contributed by atoms with Gasteiger partial charge >= 0.3 is 0 Å². The molecule has 0 aliphatic carbocycles. The Morgan fingerprint density at radius 3 is 3.00 bits per heavy atom. The number of nitrogens with zero attached hydrogens (tertiary/aromatic N) is 2. The maximum absolute atomic E-state index is 12.3. The molecule has 1 aromatic carbocycles. The summed E-state index contributed by atoms with van der Waals surface area (Å²) in [4.78, 5) is 31.9. The molecule has 0 aromatic heterocycles. The third kappa shape index (κ3) is 4.42. The standard InChI is InChI=1S/C19H25N3O4/c1-25-17-8-3-2-6-15(17)7-4-10-21-12-9-20-19(24)16(21)14-18(23)22-11-5-13-26-22/h2-4,6-8,16H,5,9-14H2,1H3,(H,20,24)/b7-4+. The van der Waals surface area contributed by atoms with Crippen molar-refractivity contribution in [2.24, 2.45) is 0 Å². The first-order chi connectivity index (χ1) is 12.7. The second kappa shape index (κ2) is 8.82. The van der Waals surface area contributed by atoms with E-state index < -0.39 is 6.04 Å². The summed E-state index contributed by atoms with van der Waals surface area (Å²) < 4.78 is 5.34. The smallest absolute Gasteiger partial charge is 0.248 e. The number of carbonyl (C=O) groups excluding carboxylic acids is 2. The predicted molar refractivity (Wildman–Crippen MR) is 97.3 cm³/mol. The summed E-state index contributed by atoms with van der Waals surface area (Å²) in [6, 6.07) is 7.29. The Hall–Kier alpha value is -2.38. The summed E-state index contributed by atoms with van der Waals surface area (Å²) >= 11 is 0. The van der Waals surface area contributed by atoms with E-state index in [1.54, 1.807) is 7.11 Å². The minimum atomic E-state index is -0.470. The van der Waals surface area contributed by atoms with Crippen LogP contribution in [0.1, 0.15) is 18.4 Å². The van der Waals surface area contributed by atoms with Crippen molar-refractivity contribution < 1.29 is 19.2 Å². The van der Waals surface area contributed by atoms with Crippen molar-refractivity contribution in [3.8, 4) is 5.75 Å². The highest BCUT2D eigenvalue weighted by Crippen LogP contribution is 2.19. The highest BCUT2D eigenvalue weighted by molar-refractivity contribution is 5.88. The van der Waals surface area contributed by atoms with Crippen molar-refractivity contribution >= 4 is 17.9 Å². The Balaban J connectivity index is 1.63. The van der Waals surface area contributed by atoms with Crippen LogP contribution in [0.5, 0.6) is 5.75 Å². The van der Waals surface area contributed by atoms with Crippen LogP contribution in [0.2, 0.25) is 0 Å². The zero-order valence-corrected chi connectivity index (χ0v) is 15.0. The lowest BCUT2D eigenvalue weighted by molar-refractivity contribution is -0.171. The average molecular weight is 359 g/mol. The van der Waals surface area contributed by atoms with Crippen LogP contribution >= 0.6 is 0 Å². The first kappa shape index (κ1) is 18.4. The van der Waals surface area contributed by atoms with Gasteiger partial charge in [0.25, 0.3) is 0 Å². The maximum atomic E-state index is 12.3. The minimum Gasteiger partial charge on any atom is -0.496 e. The number of nitrogens with one attached hydrogen (secondary N) is 1. The van der Waals surface area contributed by atoms with Gasteiger partial charge in [0.05, 0.1) is 32.7 Å². The molecular formula is C19H25N3O4. The van der Waals surface area contributed by atoms with Gasteiger partial charge in [-0.15, -0.1) is 0 Å². The molecule has 2 aliphatic heterocycles. The van der Waals surface area contributed by atoms with Crippen LogP contribution < -0.4 is 10.1 Å². The maximum Gasteiger partial charge on any atom is 0.248 e. The summed E-state index contributed by atoms with van der Waals surface area (Å²) in [5.74, 6) is 0.566. The summed E-state index contributed by atoms with van der Waals surface area (Å²) in [5.41, 5.74) is 0.981. The van der Waals surface area contributed by atoms with E-state index in [9.17, 15) is 9.59 Å². The van der Waals surface area contributed by atoms with E-state index in [0.29, 0.717) is 32.8 Å². The zero-order chi connectivity index (χ0) is 18.4. The van der Waals surface area contributed by atoms with E-state index in [1.807, 2.05) is 41.3 Å². The molecule has 140 valence electrons. The van der Waals surface area contributed by atoms with Gasteiger partial charge in [-0.3, -0.25) is 19.3 Å². The zero-order valence-electron chi connectivity index (χ0n) is 15.0. The predicted octanol–water partition coefficient (Wildman–Crippen LogP) is 1.06. The van der Waals surface area contributed by atoms with E-state index in [-0.39, 0.29) is 18.2 Å². The highest BCUT2D eigenvalue weighted by atomic mass is 16.7. The largest absolute Gasteiger partial charge is 0.496 e. The van der Waals surface area contributed by atoms with Gasteiger partial charge in [0.2, 0.25) is 11.8 Å². The molecule has 1 N–H and O–H groups in total. The molecule has 0 saturated carbocycles. The fraction of sp³-hybridized carbons (Fsp3) is 0.474. The lowest BCUT2D eigenvalue weighted by Crippen LogP contribution is -2.56. The molecule has 2 heterocycles. The van der Waals surface area contributed by atoms with Crippen molar-refractivity contribution in [1.29, 1.82) is 0 Å². The SMILES string of the molecule is COc1ccccc1/C=C/CN1CCNC(=O)C1CC(=O)N1CCCO1. The molecule has 0 bridgehead atoms. The Kier molecular flexibility index (Phi) is 6.25. The Bertz CT molecular complexity index is 671. The van der Waals surface area contributed by atoms with Crippen LogP contribution in [0, 0.1) is 0 Å². The number of methoxy groups -OCH3 is 1. The van der Waals surface area contributed by atoms with Crippen LogP contribution in [0.4, 0.5) is 0 Å². The van der Waals surface area contributed by atoms with Gasteiger partial charge in [-0.1, -0.05) is 30.4 Å². The number of piperazine rings is 1. The number of ether oxygens (including phenoxy) is 1. The van der Waals surface area contributed by atoms with E-state index in [2.05, 4.69) is 5.32 Å². The van der Waals surface area contributed by atoms with E-state index >= 15 is 0 Å². The van der Waals surface area contributed by atoms with Gasteiger partial charge in [0.1, 0.15) is 5.75 Å². The van der Waals surface area contributed by atoms with Crippen LogP contribution in [0.25, 0.3) is 6.08 Å². The van der Waals surface area contributed by atoms with Crippen LogP contribution in [0.3, 0.4) is 0 Å². The van der Waals surface area contributed by atoms with Crippen molar-refractivity contribution in [1.82, 2.24) is 15.3 Å². The second-order valence-corrected chi connectivity index (χ2v) is 6.33. The topological polar surface area (TPSA) is 71.1 Å². The first-order valence-electron chi connectivity index (χ1n) is 8.93. The van der Waals surface area contributed by atoms with Gasteiger partial charge in [0.15, 0.2) is 0 Å². The second-order valence-electron chi connectivity index (χ2n) is 6.33.